The molecule has 0 spiro atoms. The number of carbonyl (C=O) groups is 1. The first-order chi connectivity index (χ1) is 13.6. The number of hydrogen-bond donors (Lipinski definition) is 2. The van der Waals surface area contributed by atoms with E-state index in [1.807, 2.05) is 19.1 Å². The number of ether oxygens (including phenoxy) is 1. The van der Waals surface area contributed by atoms with Gasteiger partial charge in [-0.05, 0) is 30.7 Å². The lowest BCUT2D eigenvalue weighted by Crippen LogP contribution is -2.31. The molecule has 0 saturated carbocycles. The number of benzene rings is 2. The highest BCUT2D eigenvalue weighted by Crippen LogP contribution is 2.45. The molecule has 2 N–H and O–H groups in total. The summed E-state index contributed by atoms with van der Waals surface area (Å²) >= 11 is 0. The molecule has 0 radical (unpaired) electrons. The van der Waals surface area contributed by atoms with Gasteiger partial charge in [0.25, 0.3) is 5.91 Å². The molecule has 2 aromatic carbocycles. The van der Waals surface area contributed by atoms with E-state index in [-0.39, 0.29) is 18.7 Å². The zero-order valence-corrected chi connectivity index (χ0v) is 15.7. The number of rotatable bonds is 5. The lowest BCUT2D eigenvalue weighted by molar-refractivity contribution is -0.117. The van der Waals surface area contributed by atoms with Crippen molar-refractivity contribution in [3.8, 4) is 0 Å². The first-order valence-electron chi connectivity index (χ1n) is 9.23. The standard InChI is InChI=1S/C21H21F2N3O2.H2/c1-3-5-14-19(13-6-4-7-15(22)18(13)23)26(21(27)20(14)28-2)12-8-9-16-17(10-12)25-11-24-16;/h4,6-10,19,24-25H,3,5,11H2,1-2H3;1H. The predicted molar refractivity (Wildman–Crippen MR) is 106 cm³/mol. The van der Waals surface area contributed by atoms with Gasteiger partial charge in [0.15, 0.2) is 17.4 Å². The van der Waals surface area contributed by atoms with Crippen LogP contribution in [-0.4, -0.2) is 19.7 Å². The Morgan fingerprint density at radius 3 is 2.75 bits per heavy atom. The van der Waals surface area contributed by atoms with Crippen LogP contribution in [0.25, 0.3) is 0 Å². The third kappa shape index (κ3) is 2.78. The Balaban J connectivity index is 0.00000240. The second-order valence-corrected chi connectivity index (χ2v) is 6.79. The van der Waals surface area contributed by atoms with Crippen LogP contribution in [0.5, 0.6) is 0 Å². The number of nitrogens with one attached hydrogen (secondary N) is 2. The molecule has 2 aliphatic rings. The van der Waals surface area contributed by atoms with Gasteiger partial charge in [-0.1, -0.05) is 25.5 Å². The van der Waals surface area contributed by atoms with Gasteiger partial charge in [0.2, 0.25) is 0 Å². The van der Waals surface area contributed by atoms with E-state index in [0.29, 0.717) is 24.4 Å². The number of nitrogens with zero attached hydrogens (tertiary/aromatic N) is 1. The average Bonchev–Trinajstić information content (AvgIpc) is 3.26. The normalized spacial score (nSPS) is 18.2. The van der Waals surface area contributed by atoms with Crippen molar-refractivity contribution in [1.29, 1.82) is 0 Å². The molecule has 7 heteroatoms. The molecule has 4 rings (SSSR count). The number of hydrogen-bond acceptors (Lipinski definition) is 4. The fraction of sp³-hybridized carbons (Fsp3) is 0.286. The summed E-state index contributed by atoms with van der Waals surface area (Å²) in [6, 6.07) is 8.78. The third-order valence-electron chi connectivity index (χ3n) is 5.13. The molecule has 2 heterocycles. The molecule has 2 aliphatic heterocycles. The number of fused-ring (bicyclic) bond motifs is 1. The molecule has 28 heavy (non-hydrogen) atoms. The largest absolute Gasteiger partial charge is 0.491 e. The molecular weight excluding hydrogens is 364 g/mol. The minimum Gasteiger partial charge on any atom is -0.491 e. The Kier molecular flexibility index (Phi) is 4.66. The second kappa shape index (κ2) is 7.14. The highest BCUT2D eigenvalue weighted by Gasteiger charge is 2.43. The quantitative estimate of drug-likeness (QED) is 0.774. The fourth-order valence-corrected chi connectivity index (χ4v) is 3.92. The summed E-state index contributed by atoms with van der Waals surface area (Å²) < 4.78 is 34.1. The Morgan fingerprint density at radius 1 is 1.21 bits per heavy atom. The van der Waals surface area contributed by atoms with Crippen molar-refractivity contribution < 1.29 is 19.7 Å². The van der Waals surface area contributed by atoms with E-state index in [1.165, 1.54) is 24.1 Å². The van der Waals surface area contributed by atoms with Gasteiger partial charge in [-0.2, -0.15) is 0 Å². The molecule has 5 nitrogen and oxygen atoms in total. The third-order valence-corrected chi connectivity index (χ3v) is 5.13. The Morgan fingerprint density at radius 2 is 2.00 bits per heavy atom. The molecule has 0 saturated heterocycles. The lowest BCUT2D eigenvalue weighted by Gasteiger charge is -2.28. The fourth-order valence-electron chi connectivity index (χ4n) is 3.92. The van der Waals surface area contributed by atoms with Crippen LogP contribution in [-0.2, 0) is 9.53 Å². The number of amides is 1. The number of carbonyl (C=O) groups excluding carboxylic acids is 1. The smallest absolute Gasteiger partial charge is 0.294 e. The Labute approximate surface area is 163 Å². The summed E-state index contributed by atoms with van der Waals surface area (Å²) in [5.74, 6) is -2.05. The summed E-state index contributed by atoms with van der Waals surface area (Å²) in [6.07, 6.45) is 1.28. The molecule has 1 amide bonds. The molecule has 1 atom stereocenters. The van der Waals surface area contributed by atoms with E-state index in [4.69, 9.17) is 4.74 Å². The van der Waals surface area contributed by atoms with Gasteiger partial charge in [-0.25, -0.2) is 8.78 Å². The van der Waals surface area contributed by atoms with Crippen LogP contribution in [0.3, 0.4) is 0 Å². The average molecular weight is 387 g/mol. The summed E-state index contributed by atoms with van der Waals surface area (Å²) in [4.78, 5) is 14.7. The van der Waals surface area contributed by atoms with E-state index in [9.17, 15) is 13.6 Å². The number of halogens is 2. The first-order valence-corrected chi connectivity index (χ1v) is 9.23. The molecule has 0 bridgehead atoms. The van der Waals surface area contributed by atoms with Crippen molar-refractivity contribution in [1.82, 2.24) is 0 Å². The monoisotopic (exact) mass is 387 g/mol. The second-order valence-electron chi connectivity index (χ2n) is 6.79. The highest BCUT2D eigenvalue weighted by atomic mass is 19.2. The van der Waals surface area contributed by atoms with Crippen LogP contribution in [0.2, 0.25) is 0 Å². The van der Waals surface area contributed by atoms with E-state index in [1.54, 1.807) is 6.07 Å². The molecular formula is C21H23F2N3O2. The first kappa shape index (κ1) is 18.3. The minimum absolute atomic E-state index is 0. The molecule has 0 aromatic heterocycles. The van der Waals surface area contributed by atoms with Crippen LogP contribution in [0.1, 0.15) is 32.8 Å². The van der Waals surface area contributed by atoms with Gasteiger partial charge in [-0.3, -0.25) is 9.69 Å². The van der Waals surface area contributed by atoms with E-state index in [2.05, 4.69) is 10.6 Å². The number of anilines is 3. The number of methoxy groups -OCH3 is 1. The van der Waals surface area contributed by atoms with E-state index in [0.717, 1.165) is 23.9 Å². The highest BCUT2D eigenvalue weighted by molar-refractivity contribution is 6.09. The molecule has 0 aliphatic carbocycles. The van der Waals surface area contributed by atoms with Crippen molar-refractivity contribution in [2.45, 2.75) is 25.8 Å². The van der Waals surface area contributed by atoms with E-state index < -0.39 is 17.7 Å². The van der Waals surface area contributed by atoms with Gasteiger partial charge in [0.1, 0.15) is 0 Å². The lowest BCUT2D eigenvalue weighted by atomic mass is 9.95. The molecule has 148 valence electrons. The summed E-state index contributed by atoms with van der Waals surface area (Å²) in [5, 5.41) is 6.37. The predicted octanol–water partition coefficient (Wildman–Crippen LogP) is 4.79. The minimum atomic E-state index is -0.947. The topological polar surface area (TPSA) is 53.6 Å². The van der Waals surface area contributed by atoms with Crippen LogP contribution in [0.4, 0.5) is 25.8 Å². The molecule has 0 fully saturated rings. The van der Waals surface area contributed by atoms with Crippen LogP contribution in [0.15, 0.2) is 47.7 Å². The van der Waals surface area contributed by atoms with Crippen molar-refractivity contribution in [3.63, 3.8) is 0 Å². The van der Waals surface area contributed by atoms with Crippen molar-refractivity contribution >= 4 is 23.0 Å². The summed E-state index contributed by atoms with van der Waals surface area (Å²) in [7, 11) is 1.43. The molecule has 2 aromatic rings. The zero-order chi connectivity index (χ0) is 19.8. The van der Waals surface area contributed by atoms with Crippen molar-refractivity contribution in [2.24, 2.45) is 0 Å². The van der Waals surface area contributed by atoms with Gasteiger partial charge < -0.3 is 15.4 Å². The van der Waals surface area contributed by atoms with Gasteiger partial charge in [0, 0.05) is 18.3 Å². The Hall–Kier alpha value is -3.09. The zero-order valence-electron chi connectivity index (χ0n) is 15.7. The van der Waals surface area contributed by atoms with Crippen molar-refractivity contribution in [3.05, 3.63) is 64.9 Å². The maximum atomic E-state index is 14.7. The Bertz CT molecular complexity index is 980. The summed E-state index contributed by atoms with van der Waals surface area (Å²) in [5.41, 5.74) is 3.15. The van der Waals surface area contributed by atoms with Gasteiger partial charge in [0.05, 0.1) is 31.2 Å². The van der Waals surface area contributed by atoms with E-state index >= 15 is 0 Å². The van der Waals surface area contributed by atoms with Crippen LogP contribution >= 0.6 is 0 Å². The van der Waals surface area contributed by atoms with Crippen molar-refractivity contribution in [2.75, 3.05) is 29.3 Å². The maximum absolute atomic E-state index is 14.7. The molecule has 1 unspecified atom stereocenters. The van der Waals surface area contributed by atoms with Gasteiger partial charge in [-0.15, -0.1) is 0 Å². The van der Waals surface area contributed by atoms with Crippen LogP contribution < -0.4 is 15.5 Å². The maximum Gasteiger partial charge on any atom is 0.294 e. The SMILES string of the molecule is CCCC1=C(OC)C(=O)N(c2ccc3c(c2)NCN3)C1c1cccc(F)c1F.[HH]. The van der Waals surface area contributed by atoms with Gasteiger partial charge >= 0.3 is 0 Å². The summed E-state index contributed by atoms with van der Waals surface area (Å²) in [6.45, 7) is 2.56. The van der Waals surface area contributed by atoms with Crippen LogP contribution in [0, 0.1) is 11.6 Å².